The Labute approximate surface area is 156 Å². The topological polar surface area (TPSA) is 116 Å². The van der Waals surface area contributed by atoms with Crippen molar-refractivity contribution in [3.63, 3.8) is 0 Å². The lowest BCUT2D eigenvalue weighted by atomic mass is 10.2. The van der Waals surface area contributed by atoms with Gasteiger partial charge >= 0.3 is 0 Å². The van der Waals surface area contributed by atoms with Gasteiger partial charge in [-0.05, 0) is 48.5 Å². The molecule has 0 radical (unpaired) electrons. The molecule has 0 aliphatic carbocycles. The van der Waals surface area contributed by atoms with Crippen LogP contribution >= 0.6 is 15.9 Å². The predicted octanol–water partition coefficient (Wildman–Crippen LogP) is 3.21. The van der Waals surface area contributed by atoms with Gasteiger partial charge in [-0.2, -0.15) is 4.80 Å². The summed E-state index contributed by atoms with van der Waals surface area (Å²) >= 11 is 3.36. The predicted molar refractivity (Wildman–Crippen MR) is 97.4 cm³/mol. The first kappa shape index (κ1) is 17.7. The van der Waals surface area contributed by atoms with Crippen LogP contribution in [0.15, 0.2) is 53.0 Å². The highest BCUT2D eigenvalue weighted by Crippen LogP contribution is 2.19. The molecule has 0 saturated carbocycles. The van der Waals surface area contributed by atoms with Gasteiger partial charge in [0.05, 0.1) is 4.92 Å². The van der Waals surface area contributed by atoms with Gasteiger partial charge in [-0.1, -0.05) is 15.9 Å². The molecular formula is C16H13BrN6O3. The van der Waals surface area contributed by atoms with Crippen LogP contribution in [0.5, 0.6) is 0 Å². The quantitative estimate of drug-likeness (QED) is 0.504. The Kier molecular flexibility index (Phi) is 5.03. The zero-order valence-corrected chi connectivity index (χ0v) is 15.1. The van der Waals surface area contributed by atoms with Crippen molar-refractivity contribution in [2.75, 3.05) is 5.32 Å². The van der Waals surface area contributed by atoms with Crippen molar-refractivity contribution in [1.82, 2.24) is 20.2 Å². The molecule has 0 bridgehead atoms. The first-order chi connectivity index (χ1) is 12.4. The highest BCUT2D eigenvalue weighted by molar-refractivity contribution is 9.10. The molecule has 2 aromatic carbocycles. The summed E-state index contributed by atoms with van der Waals surface area (Å²) in [6.45, 7) is 1.63. The number of nitro benzene ring substituents is 1. The van der Waals surface area contributed by atoms with Crippen LogP contribution in [0, 0.1) is 10.1 Å². The average Bonchev–Trinajstić information content (AvgIpc) is 3.12. The summed E-state index contributed by atoms with van der Waals surface area (Å²) in [5.41, 5.74) is 1.18. The number of halogens is 1. The number of rotatable bonds is 5. The first-order valence-electron chi connectivity index (χ1n) is 7.55. The third-order valence-electron chi connectivity index (χ3n) is 3.60. The largest absolute Gasteiger partial charge is 0.324 e. The molecule has 1 heterocycles. The molecule has 26 heavy (non-hydrogen) atoms. The Morgan fingerprint density at radius 1 is 1.19 bits per heavy atom. The van der Waals surface area contributed by atoms with Crippen LogP contribution in [0.3, 0.4) is 0 Å². The van der Waals surface area contributed by atoms with Gasteiger partial charge in [-0.3, -0.25) is 14.9 Å². The first-order valence-corrected chi connectivity index (χ1v) is 8.34. The monoisotopic (exact) mass is 416 g/mol. The number of nitro groups is 1. The van der Waals surface area contributed by atoms with E-state index in [9.17, 15) is 14.9 Å². The summed E-state index contributed by atoms with van der Waals surface area (Å²) in [6.07, 6.45) is 0. The van der Waals surface area contributed by atoms with Crippen molar-refractivity contribution in [2.24, 2.45) is 0 Å². The Bertz CT molecular complexity index is 939. The molecule has 3 rings (SSSR count). The zero-order valence-electron chi connectivity index (χ0n) is 13.5. The normalized spacial score (nSPS) is 11.8. The maximum atomic E-state index is 12.3. The van der Waals surface area contributed by atoms with E-state index in [-0.39, 0.29) is 11.6 Å². The maximum Gasteiger partial charge on any atom is 0.269 e. The van der Waals surface area contributed by atoms with Crippen LogP contribution in [0.2, 0.25) is 0 Å². The minimum absolute atomic E-state index is 0.0480. The van der Waals surface area contributed by atoms with E-state index in [2.05, 4.69) is 36.7 Å². The van der Waals surface area contributed by atoms with Crippen LogP contribution < -0.4 is 5.32 Å². The summed E-state index contributed by atoms with van der Waals surface area (Å²) in [5, 5.41) is 25.5. The van der Waals surface area contributed by atoms with Gasteiger partial charge < -0.3 is 5.32 Å². The lowest BCUT2D eigenvalue weighted by Gasteiger charge is -2.10. The number of hydrogen-bond donors (Lipinski definition) is 1. The summed E-state index contributed by atoms with van der Waals surface area (Å²) in [6, 6.07) is 12.3. The van der Waals surface area contributed by atoms with Crippen LogP contribution in [-0.2, 0) is 4.79 Å². The average molecular weight is 417 g/mol. The van der Waals surface area contributed by atoms with Crippen molar-refractivity contribution in [1.29, 1.82) is 0 Å². The third kappa shape index (κ3) is 3.91. The third-order valence-corrected chi connectivity index (χ3v) is 4.13. The van der Waals surface area contributed by atoms with E-state index in [1.165, 1.54) is 29.1 Å². The molecule has 132 valence electrons. The SMILES string of the molecule is CC(C(=O)Nc1ccc([N+](=O)[O-])cc1)n1nnc(-c2ccc(Br)cc2)n1. The second-order valence-corrected chi connectivity index (χ2v) is 6.33. The fraction of sp³-hybridized carbons (Fsp3) is 0.125. The van der Waals surface area contributed by atoms with Crippen molar-refractivity contribution in [3.05, 3.63) is 63.1 Å². The molecule has 10 heteroatoms. The van der Waals surface area contributed by atoms with Crippen LogP contribution in [-0.4, -0.2) is 31.0 Å². The number of nitrogens with zero attached hydrogens (tertiary/aromatic N) is 5. The van der Waals surface area contributed by atoms with Crippen LogP contribution in [0.1, 0.15) is 13.0 Å². The number of anilines is 1. The number of nitrogens with one attached hydrogen (secondary N) is 1. The molecule has 0 fully saturated rings. The Morgan fingerprint density at radius 2 is 1.85 bits per heavy atom. The van der Waals surface area contributed by atoms with E-state index in [1.54, 1.807) is 6.92 Å². The van der Waals surface area contributed by atoms with Gasteiger partial charge in [0, 0.05) is 27.9 Å². The van der Waals surface area contributed by atoms with Crippen LogP contribution in [0.25, 0.3) is 11.4 Å². The van der Waals surface area contributed by atoms with Gasteiger partial charge in [-0.25, -0.2) is 0 Å². The molecule has 1 N–H and O–H groups in total. The number of aromatic nitrogens is 4. The Hall–Kier alpha value is -3.14. The van der Waals surface area contributed by atoms with E-state index in [0.717, 1.165) is 10.0 Å². The lowest BCUT2D eigenvalue weighted by Crippen LogP contribution is -2.25. The molecule has 1 aromatic heterocycles. The van der Waals surface area contributed by atoms with Gasteiger partial charge in [0.2, 0.25) is 5.82 Å². The van der Waals surface area contributed by atoms with Crippen LogP contribution in [0.4, 0.5) is 11.4 Å². The molecule has 0 aliphatic rings. The van der Waals surface area contributed by atoms with Crippen molar-refractivity contribution >= 4 is 33.2 Å². The van der Waals surface area contributed by atoms with Crippen molar-refractivity contribution in [3.8, 4) is 11.4 Å². The van der Waals surface area contributed by atoms with E-state index >= 15 is 0 Å². The molecule has 0 aliphatic heterocycles. The van der Waals surface area contributed by atoms with Gasteiger partial charge in [-0.15, -0.1) is 10.2 Å². The van der Waals surface area contributed by atoms with Crippen molar-refractivity contribution in [2.45, 2.75) is 13.0 Å². The molecule has 0 saturated heterocycles. The highest BCUT2D eigenvalue weighted by Gasteiger charge is 2.19. The smallest absolute Gasteiger partial charge is 0.269 e. The number of hydrogen-bond acceptors (Lipinski definition) is 6. The molecule has 3 aromatic rings. The fourth-order valence-corrected chi connectivity index (χ4v) is 2.39. The molecule has 0 spiro atoms. The van der Waals surface area contributed by atoms with Gasteiger partial charge in [0.15, 0.2) is 0 Å². The molecule has 1 amide bonds. The second kappa shape index (κ2) is 7.40. The molecule has 1 atom stereocenters. The minimum atomic E-state index is -0.707. The molecule has 9 nitrogen and oxygen atoms in total. The maximum absolute atomic E-state index is 12.3. The Morgan fingerprint density at radius 3 is 2.46 bits per heavy atom. The van der Waals surface area contributed by atoms with Gasteiger partial charge in [0.1, 0.15) is 6.04 Å². The summed E-state index contributed by atoms with van der Waals surface area (Å²) in [5.74, 6) is 0.0473. The van der Waals surface area contributed by atoms with E-state index < -0.39 is 11.0 Å². The summed E-state index contributed by atoms with van der Waals surface area (Å²) < 4.78 is 0.935. The van der Waals surface area contributed by atoms with E-state index in [1.807, 2.05) is 24.3 Å². The minimum Gasteiger partial charge on any atom is -0.324 e. The second-order valence-electron chi connectivity index (χ2n) is 5.41. The highest BCUT2D eigenvalue weighted by atomic mass is 79.9. The Balaban J connectivity index is 1.70. The lowest BCUT2D eigenvalue weighted by molar-refractivity contribution is -0.384. The number of non-ortho nitro benzene ring substituents is 1. The van der Waals surface area contributed by atoms with E-state index in [4.69, 9.17) is 0 Å². The molecule has 1 unspecified atom stereocenters. The summed E-state index contributed by atoms with van der Waals surface area (Å²) in [7, 11) is 0. The number of tetrazole rings is 1. The van der Waals surface area contributed by atoms with Crippen molar-refractivity contribution < 1.29 is 9.72 Å². The fourth-order valence-electron chi connectivity index (χ4n) is 2.12. The summed E-state index contributed by atoms with van der Waals surface area (Å²) in [4.78, 5) is 23.7. The number of carbonyl (C=O) groups excluding carboxylic acids is 1. The standard InChI is InChI=1S/C16H13BrN6O3/c1-10(16(24)18-13-6-8-14(9-7-13)23(25)26)22-20-15(19-21-22)11-2-4-12(17)5-3-11/h2-10H,1H3,(H,18,24). The molecular weight excluding hydrogens is 404 g/mol. The number of benzene rings is 2. The van der Waals surface area contributed by atoms with E-state index in [0.29, 0.717) is 11.5 Å². The number of amides is 1. The number of carbonyl (C=O) groups is 1. The van der Waals surface area contributed by atoms with Gasteiger partial charge in [0.25, 0.3) is 11.6 Å². The zero-order chi connectivity index (χ0) is 18.7.